The van der Waals surface area contributed by atoms with Gasteiger partial charge in [-0.05, 0) is 43.3 Å². The summed E-state index contributed by atoms with van der Waals surface area (Å²) in [6.07, 6.45) is 0.940. The Morgan fingerprint density at radius 2 is 1.94 bits per heavy atom. The van der Waals surface area contributed by atoms with Gasteiger partial charge in [-0.2, -0.15) is 0 Å². The van der Waals surface area contributed by atoms with Crippen LogP contribution in [0.5, 0.6) is 11.5 Å². The molecule has 33 heavy (non-hydrogen) atoms. The number of nitrogens with one attached hydrogen (secondary N) is 1. The van der Waals surface area contributed by atoms with E-state index in [2.05, 4.69) is 23.3 Å². The van der Waals surface area contributed by atoms with E-state index >= 15 is 0 Å². The number of aromatic nitrogens is 1. The Kier molecular flexibility index (Phi) is 6.90. The van der Waals surface area contributed by atoms with E-state index in [0.29, 0.717) is 17.1 Å². The second-order valence-electron chi connectivity index (χ2n) is 7.70. The molecule has 4 aromatic rings. The predicted molar refractivity (Wildman–Crippen MR) is 138 cm³/mol. The lowest BCUT2D eigenvalue weighted by atomic mass is 10.0. The summed E-state index contributed by atoms with van der Waals surface area (Å²) in [5, 5.41) is 4.95. The number of hydrogen-bond donors (Lipinski definition) is 1. The first kappa shape index (κ1) is 23.5. The second kappa shape index (κ2) is 9.69. The zero-order valence-corrected chi connectivity index (χ0v) is 21.0. The number of carbonyl (C=O) groups excluding carboxylic acids is 1. The van der Waals surface area contributed by atoms with Gasteiger partial charge >= 0.3 is 0 Å². The summed E-state index contributed by atoms with van der Waals surface area (Å²) in [5.74, 6) is 0.909. The summed E-state index contributed by atoms with van der Waals surface area (Å²) in [7, 11) is 5.27. The predicted octanol–water partition coefficient (Wildman–Crippen LogP) is 5.70. The lowest BCUT2D eigenvalue weighted by Gasteiger charge is -2.22. The number of likely N-dealkylation sites (N-methyl/N-ethyl adjacent to an activating group) is 1. The van der Waals surface area contributed by atoms with Gasteiger partial charge in [-0.15, -0.1) is 35.1 Å². The number of rotatable bonds is 5. The first-order chi connectivity index (χ1) is 15.6. The molecule has 0 radical (unpaired) electrons. The van der Waals surface area contributed by atoms with Crippen molar-refractivity contribution in [1.29, 1.82) is 0 Å². The molecule has 3 heterocycles. The van der Waals surface area contributed by atoms with E-state index in [4.69, 9.17) is 14.5 Å². The topological polar surface area (TPSA) is 63.7 Å². The number of thiophene rings is 1. The van der Waals surface area contributed by atoms with Crippen LogP contribution in [-0.2, 0) is 13.0 Å². The molecule has 9 heteroatoms. The van der Waals surface area contributed by atoms with Gasteiger partial charge in [-0.1, -0.05) is 12.1 Å². The molecule has 0 bridgehead atoms. The minimum absolute atomic E-state index is 0. The van der Waals surface area contributed by atoms with Gasteiger partial charge in [0.1, 0.15) is 21.5 Å². The highest BCUT2D eigenvalue weighted by Gasteiger charge is 2.27. The number of methoxy groups -OCH3 is 2. The number of para-hydroxylation sites is 1. The Labute approximate surface area is 206 Å². The summed E-state index contributed by atoms with van der Waals surface area (Å²) >= 11 is 3.31. The maximum atomic E-state index is 13.3. The van der Waals surface area contributed by atoms with Crippen molar-refractivity contribution in [3.05, 3.63) is 58.5 Å². The molecular formula is C24H24ClN3O3S2. The van der Waals surface area contributed by atoms with Crippen LogP contribution >= 0.6 is 35.1 Å². The van der Waals surface area contributed by atoms with Crippen LogP contribution in [0, 0.1) is 0 Å². The van der Waals surface area contributed by atoms with E-state index in [1.807, 2.05) is 18.2 Å². The van der Waals surface area contributed by atoms with Crippen LogP contribution in [0.25, 0.3) is 20.8 Å². The van der Waals surface area contributed by atoms with Crippen LogP contribution in [0.3, 0.4) is 0 Å². The average Bonchev–Trinajstić information content (AvgIpc) is 3.38. The number of nitrogens with zero attached hydrogens (tertiary/aromatic N) is 2. The minimum atomic E-state index is -0.209. The lowest BCUT2D eigenvalue weighted by molar-refractivity contribution is 0.102. The molecule has 0 spiro atoms. The van der Waals surface area contributed by atoms with E-state index < -0.39 is 0 Å². The Morgan fingerprint density at radius 3 is 2.70 bits per heavy atom. The lowest BCUT2D eigenvalue weighted by Crippen LogP contribution is -2.25. The number of carbonyl (C=O) groups is 1. The van der Waals surface area contributed by atoms with Gasteiger partial charge in [0.25, 0.3) is 5.91 Å². The maximum absolute atomic E-state index is 13.3. The molecule has 0 unspecified atom stereocenters. The molecule has 0 saturated heterocycles. The highest BCUT2D eigenvalue weighted by atomic mass is 35.5. The van der Waals surface area contributed by atoms with Crippen molar-refractivity contribution in [2.75, 3.05) is 33.1 Å². The molecule has 6 nitrogen and oxygen atoms in total. The van der Waals surface area contributed by atoms with Crippen molar-refractivity contribution < 1.29 is 14.3 Å². The molecule has 0 aliphatic carbocycles. The number of halogens is 1. The van der Waals surface area contributed by atoms with Gasteiger partial charge in [-0.25, -0.2) is 4.98 Å². The Morgan fingerprint density at radius 1 is 1.12 bits per heavy atom. The number of fused-ring (bicyclic) bond motifs is 2. The molecule has 1 aliphatic heterocycles. The molecule has 5 rings (SSSR count). The van der Waals surface area contributed by atoms with E-state index in [9.17, 15) is 4.79 Å². The van der Waals surface area contributed by atoms with Gasteiger partial charge in [0.15, 0.2) is 0 Å². The quantitative estimate of drug-likeness (QED) is 0.380. The number of hydrogen-bond acceptors (Lipinski definition) is 7. The number of anilines is 1. The fourth-order valence-electron chi connectivity index (χ4n) is 3.98. The fourth-order valence-corrected chi connectivity index (χ4v) is 6.41. The summed E-state index contributed by atoms with van der Waals surface area (Å²) in [6.45, 7) is 1.86. The third-order valence-corrected chi connectivity index (χ3v) is 7.82. The van der Waals surface area contributed by atoms with Crippen molar-refractivity contribution in [3.8, 4) is 22.1 Å². The van der Waals surface area contributed by atoms with Gasteiger partial charge < -0.3 is 19.7 Å². The first-order valence-corrected chi connectivity index (χ1v) is 11.9. The molecule has 2 aromatic carbocycles. The Hall–Kier alpha value is -2.65. The monoisotopic (exact) mass is 501 g/mol. The van der Waals surface area contributed by atoms with Crippen molar-refractivity contribution in [3.63, 3.8) is 0 Å². The SMILES string of the molecule is COc1ccc(C(=O)Nc2sc3c(c2-c2nc4ccccc4s2)CCN(C)C3)c(OC)c1.Cl. The molecule has 0 saturated carbocycles. The van der Waals surface area contributed by atoms with Crippen LogP contribution in [0.2, 0.25) is 0 Å². The van der Waals surface area contributed by atoms with Gasteiger partial charge in [0, 0.05) is 29.6 Å². The van der Waals surface area contributed by atoms with Crippen LogP contribution < -0.4 is 14.8 Å². The zero-order valence-electron chi connectivity index (χ0n) is 18.5. The van der Waals surface area contributed by atoms with Crippen molar-refractivity contribution in [2.24, 2.45) is 0 Å². The average molecular weight is 502 g/mol. The van der Waals surface area contributed by atoms with Gasteiger partial charge in [0.05, 0.1) is 30.0 Å². The molecule has 0 fully saturated rings. The van der Waals surface area contributed by atoms with Crippen molar-refractivity contribution >= 4 is 56.2 Å². The van der Waals surface area contributed by atoms with E-state index in [-0.39, 0.29) is 18.3 Å². The maximum Gasteiger partial charge on any atom is 0.260 e. The molecule has 1 aliphatic rings. The molecule has 0 atom stereocenters. The largest absolute Gasteiger partial charge is 0.497 e. The van der Waals surface area contributed by atoms with Crippen molar-refractivity contribution in [2.45, 2.75) is 13.0 Å². The third-order valence-electron chi connectivity index (χ3n) is 5.64. The summed E-state index contributed by atoms with van der Waals surface area (Å²) < 4.78 is 11.8. The molecule has 1 N–H and O–H groups in total. The molecule has 2 aromatic heterocycles. The number of thiazole rings is 1. The third kappa shape index (κ3) is 4.44. The highest BCUT2D eigenvalue weighted by molar-refractivity contribution is 7.23. The van der Waals surface area contributed by atoms with Crippen LogP contribution in [-0.4, -0.2) is 43.6 Å². The van der Waals surface area contributed by atoms with E-state index in [1.54, 1.807) is 55.1 Å². The Bertz CT molecular complexity index is 1280. The number of ether oxygens (including phenoxy) is 2. The van der Waals surface area contributed by atoms with Gasteiger partial charge in [-0.3, -0.25) is 4.79 Å². The Balaban J connectivity index is 0.00000259. The summed E-state index contributed by atoms with van der Waals surface area (Å²) in [6, 6.07) is 13.4. The first-order valence-electron chi connectivity index (χ1n) is 10.3. The van der Waals surface area contributed by atoms with Crippen molar-refractivity contribution in [1.82, 2.24) is 9.88 Å². The standard InChI is InChI=1S/C24H23N3O3S2.ClH/c1-27-11-10-16-20(13-27)32-24(21(16)23-25-17-6-4-5-7-19(17)31-23)26-22(28)15-9-8-14(29-2)12-18(15)30-3;/h4-9,12H,10-11,13H2,1-3H3,(H,26,28);1H. The zero-order chi connectivity index (χ0) is 22.2. The number of amides is 1. The van der Waals surface area contributed by atoms with E-state index in [1.165, 1.54) is 10.4 Å². The van der Waals surface area contributed by atoms with Crippen LogP contribution in [0.15, 0.2) is 42.5 Å². The minimum Gasteiger partial charge on any atom is -0.497 e. The molecular weight excluding hydrogens is 478 g/mol. The van der Waals surface area contributed by atoms with Crippen LogP contribution in [0.1, 0.15) is 20.8 Å². The second-order valence-corrected chi connectivity index (χ2v) is 9.84. The highest BCUT2D eigenvalue weighted by Crippen LogP contribution is 2.45. The number of benzene rings is 2. The van der Waals surface area contributed by atoms with Crippen LogP contribution in [0.4, 0.5) is 5.00 Å². The fraction of sp³-hybridized carbons (Fsp3) is 0.250. The smallest absolute Gasteiger partial charge is 0.260 e. The van der Waals surface area contributed by atoms with E-state index in [0.717, 1.165) is 45.3 Å². The normalized spacial score (nSPS) is 13.3. The van der Waals surface area contributed by atoms with Gasteiger partial charge in [0.2, 0.25) is 0 Å². The summed E-state index contributed by atoms with van der Waals surface area (Å²) in [5.41, 5.74) is 3.80. The summed E-state index contributed by atoms with van der Waals surface area (Å²) in [4.78, 5) is 21.8. The molecule has 1 amide bonds. The molecule has 172 valence electrons.